The molecule has 6 nitrogen and oxygen atoms in total. The summed E-state index contributed by atoms with van der Waals surface area (Å²) in [7, 11) is 3.73. The summed E-state index contributed by atoms with van der Waals surface area (Å²) in [6.45, 7) is 1.95. The molecule has 2 aromatic rings. The SMILES string of the molecule is CN(Cc1ccccc1)C(=O)N1CCC([C@@H](O)c2nccn2C)CC1. The van der Waals surface area contributed by atoms with Crippen molar-refractivity contribution in [3.8, 4) is 0 Å². The Morgan fingerprint density at radius 2 is 2.00 bits per heavy atom. The predicted octanol–water partition coefficient (Wildman–Crippen LogP) is 2.42. The second kappa shape index (κ2) is 7.70. The maximum absolute atomic E-state index is 12.6. The fourth-order valence-electron chi connectivity index (χ4n) is 3.45. The molecule has 0 spiro atoms. The van der Waals surface area contributed by atoms with E-state index >= 15 is 0 Å². The third kappa shape index (κ3) is 4.02. The summed E-state index contributed by atoms with van der Waals surface area (Å²) >= 11 is 0. The Bertz CT molecular complexity index is 692. The zero-order valence-electron chi connectivity index (χ0n) is 14.9. The fourth-order valence-corrected chi connectivity index (χ4v) is 3.45. The monoisotopic (exact) mass is 342 g/mol. The molecule has 0 aliphatic carbocycles. The summed E-state index contributed by atoms with van der Waals surface area (Å²) in [5.74, 6) is 0.843. The number of imidazole rings is 1. The maximum atomic E-state index is 12.6. The zero-order chi connectivity index (χ0) is 17.8. The van der Waals surface area contributed by atoms with E-state index in [1.54, 1.807) is 11.1 Å². The van der Waals surface area contributed by atoms with Crippen molar-refractivity contribution in [3.63, 3.8) is 0 Å². The van der Waals surface area contributed by atoms with Crippen molar-refractivity contribution in [2.24, 2.45) is 13.0 Å². The Kier molecular flexibility index (Phi) is 5.38. The molecule has 1 aromatic heterocycles. The quantitative estimate of drug-likeness (QED) is 0.928. The van der Waals surface area contributed by atoms with Gasteiger partial charge in [-0.05, 0) is 24.3 Å². The van der Waals surface area contributed by atoms with Crippen LogP contribution in [0.1, 0.15) is 30.3 Å². The number of carbonyl (C=O) groups excluding carboxylic acids is 1. The summed E-state index contributed by atoms with van der Waals surface area (Å²) < 4.78 is 1.86. The number of urea groups is 1. The number of benzene rings is 1. The molecule has 1 atom stereocenters. The van der Waals surface area contributed by atoms with Crippen LogP contribution in [0, 0.1) is 5.92 Å². The van der Waals surface area contributed by atoms with Crippen molar-refractivity contribution in [2.45, 2.75) is 25.5 Å². The van der Waals surface area contributed by atoms with E-state index in [2.05, 4.69) is 4.98 Å². The van der Waals surface area contributed by atoms with E-state index in [9.17, 15) is 9.90 Å². The number of rotatable bonds is 4. The molecule has 1 fully saturated rings. The molecular weight excluding hydrogens is 316 g/mol. The molecule has 0 bridgehead atoms. The van der Waals surface area contributed by atoms with Gasteiger partial charge in [0.05, 0.1) is 0 Å². The van der Waals surface area contributed by atoms with Gasteiger partial charge >= 0.3 is 6.03 Å². The highest BCUT2D eigenvalue weighted by molar-refractivity contribution is 5.74. The van der Waals surface area contributed by atoms with Crippen LogP contribution in [0.3, 0.4) is 0 Å². The first-order valence-corrected chi connectivity index (χ1v) is 8.75. The van der Waals surface area contributed by atoms with E-state index in [-0.39, 0.29) is 11.9 Å². The number of hydrogen-bond donors (Lipinski definition) is 1. The molecule has 1 aliphatic rings. The Morgan fingerprint density at radius 1 is 1.32 bits per heavy atom. The maximum Gasteiger partial charge on any atom is 0.320 e. The Hall–Kier alpha value is -2.34. The Morgan fingerprint density at radius 3 is 2.60 bits per heavy atom. The Labute approximate surface area is 148 Å². The average molecular weight is 342 g/mol. The fraction of sp³-hybridized carbons (Fsp3) is 0.474. The third-order valence-corrected chi connectivity index (χ3v) is 4.97. The lowest BCUT2D eigenvalue weighted by Gasteiger charge is -2.36. The van der Waals surface area contributed by atoms with Crippen LogP contribution in [0.4, 0.5) is 4.79 Å². The normalized spacial score (nSPS) is 16.7. The van der Waals surface area contributed by atoms with Crippen LogP contribution in [-0.4, -0.2) is 50.6 Å². The number of aliphatic hydroxyl groups is 1. The van der Waals surface area contributed by atoms with E-state index in [0.717, 1.165) is 18.4 Å². The Balaban J connectivity index is 1.53. The van der Waals surface area contributed by atoms with Gasteiger partial charge in [-0.3, -0.25) is 0 Å². The van der Waals surface area contributed by atoms with Crippen LogP contribution >= 0.6 is 0 Å². The van der Waals surface area contributed by atoms with Gasteiger partial charge in [0.2, 0.25) is 0 Å². The summed E-state index contributed by atoms with van der Waals surface area (Å²) in [6.07, 6.45) is 4.56. The lowest BCUT2D eigenvalue weighted by atomic mass is 9.91. The van der Waals surface area contributed by atoms with Gasteiger partial charge in [0, 0.05) is 46.1 Å². The van der Waals surface area contributed by atoms with E-state index in [1.807, 2.05) is 60.1 Å². The highest BCUT2D eigenvalue weighted by Crippen LogP contribution is 2.30. The van der Waals surface area contributed by atoms with Gasteiger partial charge in [-0.25, -0.2) is 9.78 Å². The van der Waals surface area contributed by atoms with Gasteiger partial charge < -0.3 is 19.5 Å². The van der Waals surface area contributed by atoms with Crippen LogP contribution in [0.2, 0.25) is 0 Å². The van der Waals surface area contributed by atoms with Gasteiger partial charge in [-0.15, -0.1) is 0 Å². The van der Waals surface area contributed by atoms with E-state index in [0.29, 0.717) is 25.5 Å². The molecule has 2 heterocycles. The number of hydrogen-bond acceptors (Lipinski definition) is 3. The number of carbonyl (C=O) groups is 1. The minimum Gasteiger partial charge on any atom is -0.385 e. The number of likely N-dealkylation sites (tertiary alicyclic amines) is 1. The molecule has 2 amide bonds. The summed E-state index contributed by atoms with van der Waals surface area (Å²) in [6, 6.07) is 10.0. The molecule has 1 N–H and O–H groups in total. The number of aromatic nitrogens is 2. The van der Waals surface area contributed by atoms with Gasteiger partial charge in [0.1, 0.15) is 11.9 Å². The molecule has 0 radical (unpaired) electrons. The van der Waals surface area contributed by atoms with E-state index in [1.165, 1.54) is 0 Å². The van der Waals surface area contributed by atoms with Gasteiger partial charge in [0.25, 0.3) is 0 Å². The minimum atomic E-state index is -0.570. The van der Waals surface area contributed by atoms with Crippen LogP contribution in [0.25, 0.3) is 0 Å². The number of aryl methyl sites for hydroxylation is 1. The molecule has 25 heavy (non-hydrogen) atoms. The highest BCUT2D eigenvalue weighted by Gasteiger charge is 2.30. The van der Waals surface area contributed by atoms with E-state index in [4.69, 9.17) is 0 Å². The second-order valence-corrected chi connectivity index (χ2v) is 6.79. The van der Waals surface area contributed by atoms with E-state index < -0.39 is 6.10 Å². The van der Waals surface area contributed by atoms with Crippen LogP contribution in [-0.2, 0) is 13.6 Å². The summed E-state index contributed by atoms with van der Waals surface area (Å²) in [5, 5.41) is 10.5. The lowest BCUT2D eigenvalue weighted by Crippen LogP contribution is -2.45. The molecule has 1 aromatic carbocycles. The molecule has 3 rings (SSSR count). The molecule has 0 saturated carbocycles. The van der Waals surface area contributed by atoms with Gasteiger partial charge in [-0.2, -0.15) is 0 Å². The minimum absolute atomic E-state index is 0.0498. The number of amides is 2. The molecule has 134 valence electrons. The van der Waals surface area contributed by atoms with Crippen molar-refractivity contribution in [2.75, 3.05) is 20.1 Å². The topological polar surface area (TPSA) is 61.6 Å². The van der Waals surface area contributed by atoms with Gasteiger partial charge in [0.15, 0.2) is 0 Å². The molecule has 1 aliphatic heterocycles. The average Bonchev–Trinajstić information content (AvgIpc) is 3.07. The van der Waals surface area contributed by atoms with Crippen LogP contribution < -0.4 is 0 Å². The van der Waals surface area contributed by atoms with Crippen molar-refractivity contribution < 1.29 is 9.90 Å². The number of nitrogens with zero attached hydrogens (tertiary/aromatic N) is 4. The summed E-state index contributed by atoms with van der Waals surface area (Å²) in [5.41, 5.74) is 1.12. The van der Waals surface area contributed by atoms with Crippen molar-refractivity contribution >= 4 is 6.03 Å². The third-order valence-electron chi connectivity index (χ3n) is 4.97. The first-order chi connectivity index (χ1) is 12.1. The second-order valence-electron chi connectivity index (χ2n) is 6.79. The molecular formula is C19H26N4O2. The van der Waals surface area contributed by atoms with Crippen molar-refractivity contribution in [1.29, 1.82) is 0 Å². The largest absolute Gasteiger partial charge is 0.385 e. The van der Waals surface area contributed by atoms with Crippen molar-refractivity contribution in [3.05, 3.63) is 54.1 Å². The van der Waals surface area contributed by atoms with Crippen LogP contribution in [0.15, 0.2) is 42.7 Å². The smallest absolute Gasteiger partial charge is 0.320 e. The first kappa shape index (κ1) is 17.5. The van der Waals surface area contributed by atoms with Gasteiger partial charge in [-0.1, -0.05) is 30.3 Å². The molecule has 6 heteroatoms. The standard InChI is InChI=1S/C19H26N4O2/c1-21-13-10-20-18(21)17(24)16-8-11-23(12-9-16)19(25)22(2)14-15-6-4-3-5-7-15/h3-7,10,13,16-17,24H,8-9,11-12,14H2,1-2H3/t17-/m1/s1. The van der Waals surface area contributed by atoms with Crippen molar-refractivity contribution in [1.82, 2.24) is 19.4 Å². The number of aliphatic hydroxyl groups excluding tert-OH is 1. The molecule has 1 saturated heterocycles. The molecule has 0 unspecified atom stereocenters. The first-order valence-electron chi connectivity index (χ1n) is 8.75. The lowest BCUT2D eigenvalue weighted by molar-refractivity contribution is 0.0540. The van der Waals surface area contributed by atoms with Crippen LogP contribution in [0.5, 0.6) is 0 Å². The predicted molar refractivity (Wildman–Crippen MR) is 95.8 cm³/mol. The zero-order valence-corrected chi connectivity index (χ0v) is 14.9. The highest BCUT2D eigenvalue weighted by atomic mass is 16.3. The summed E-state index contributed by atoms with van der Waals surface area (Å²) in [4.78, 5) is 20.5. The number of piperidine rings is 1.